The van der Waals surface area contributed by atoms with E-state index >= 15 is 0 Å². The number of hydrogen-bond donors (Lipinski definition) is 6. The van der Waals surface area contributed by atoms with Crippen LogP contribution in [0.25, 0.3) is 0 Å². The number of likely N-dealkylation sites (N-methyl/N-ethyl adjacent to an activating group) is 1. The van der Waals surface area contributed by atoms with E-state index in [0.717, 1.165) is 0 Å². The lowest BCUT2D eigenvalue weighted by atomic mass is 9.75. The number of cyclic esters (lactones) is 1. The predicted molar refractivity (Wildman–Crippen MR) is 186 cm³/mol. The van der Waals surface area contributed by atoms with Crippen molar-refractivity contribution in [3.63, 3.8) is 0 Å². The molecule has 3 aliphatic heterocycles. The highest BCUT2D eigenvalue weighted by Crippen LogP contribution is 2.39. The molecular weight excluding hydrogens is 668 g/mol. The third-order valence-corrected chi connectivity index (χ3v) is 11.6. The minimum Gasteiger partial charge on any atom is -0.459 e. The molecule has 0 aliphatic carbocycles. The second kappa shape index (κ2) is 17.3. The summed E-state index contributed by atoms with van der Waals surface area (Å²) in [6, 6.07) is -0.313. The fourth-order valence-electron chi connectivity index (χ4n) is 8.02. The summed E-state index contributed by atoms with van der Waals surface area (Å²) in [5, 5.41) is 71.3. The van der Waals surface area contributed by atoms with Crippen LogP contribution in [0.3, 0.4) is 0 Å². The number of carbonyl (C=O) groups is 1. The van der Waals surface area contributed by atoms with E-state index in [9.17, 15) is 35.5 Å². The Kier molecular flexibility index (Phi) is 14.9. The van der Waals surface area contributed by atoms with Crippen LogP contribution in [0, 0.1) is 17.8 Å². The minimum atomic E-state index is -1.96. The van der Waals surface area contributed by atoms with Crippen molar-refractivity contribution in [3.8, 4) is 0 Å². The quantitative estimate of drug-likeness (QED) is 0.125. The molecule has 15 nitrogen and oxygen atoms in total. The molecule has 0 amide bonds. The number of esters is 1. The van der Waals surface area contributed by atoms with Crippen molar-refractivity contribution in [3.05, 3.63) is 0 Å². The lowest BCUT2D eigenvalue weighted by Gasteiger charge is -2.47. The number of nitrogens with zero attached hydrogens (tertiary/aromatic N) is 2. The van der Waals surface area contributed by atoms with Crippen molar-refractivity contribution in [2.24, 2.45) is 22.9 Å². The zero-order chi connectivity index (χ0) is 38.8. The summed E-state index contributed by atoms with van der Waals surface area (Å²) in [6.45, 7) is 14.8. The van der Waals surface area contributed by atoms with E-state index in [-0.39, 0.29) is 43.5 Å². The second-order valence-electron chi connectivity index (χ2n) is 16.1. The van der Waals surface area contributed by atoms with Crippen LogP contribution < -0.4 is 0 Å². The smallest absolute Gasteiger partial charge is 0.311 e. The summed E-state index contributed by atoms with van der Waals surface area (Å²) < 4.78 is 36.8. The first kappa shape index (κ1) is 43.9. The third-order valence-electron chi connectivity index (χ3n) is 11.6. The van der Waals surface area contributed by atoms with E-state index < -0.39 is 95.8 Å². The van der Waals surface area contributed by atoms with Crippen LogP contribution in [0.4, 0.5) is 0 Å². The number of ether oxygens (including phenoxy) is 6. The van der Waals surface area contributed by atoms with Crippen LogP contribution >= 0.6 is 0 Å². The molecule has 0 radical (unpaired) electrons. The number of aliphatic hydroxyl groups is 5. The molecule has 3 aliphatic rings. The minimum absolute atomic E-state index is 0.0562. The van der Waals surface area contributed by atoms with E-state index in [1.165, 1.54) is 14.0 Å². The van der Waals surface area contributed by atoms with Crippen molar-refractivity contribution >= 4 is 11.7 Å². The van der Waals surface area contributed by atoms with Crippen LogP contribution in [0.15, 0.2) is 5.16 Å². The maximum absolute atomic E-state index is 14.0. The van der Waals surface area contributed by atoms with Crippen LogP contribution in [0.1, 0.15) is 94.4 Å². The summed E-state index contributed by atoms with van der Waals surface area (Å²) in [6.07, 6.45) is -9.46. The van der Waals surface area contributed by atoms with E-state index in [1.54, 1.807) is 48.5 Å². The van der Waals surface area contributed by atoms with Gasteiger partial charge in [-0.2, -0.15) is 0 Å². The van der Waals surface area contributed by atoms with Gasteiger partial charge in [0.05, 0.1) is 53.4 Å². The summed E-state index contributed by atoms with van der Waals surface area (Å²) in [5.74, 6) is -3.36. The van der Waals surface area contributed by atoms with Crippen molar-refractivity contribution < 1.29 is 64.0 Å². The number of methoxy groups -OCH3 is 1. The Labute approximate surface area is 303 Å². The van der Waals surface area contributed by atoms with Gasteiger partial charge in [-0.3, -0.25) is 4.79 Å². The first-order valence-corrected chi connectivity index (χ1v) is 18.3. The van der Waals surface area contributed by atoms with Gasteiger partial charge in [-0.25, -0.2) is 0 Å². The lowest BCUT2D eigenvalue weighted by molar-refractivity contribution is -0.307. The molecule has 298 valence electrons. The Morgan fingerprint density at radius 1 is 0.922 bits per heavy atom. The molecule has 6 N–H and O–H groups in total. The summed E-state index contributed by atoms with van der Waals surface area (Å²) in [4.78, 5) is 15.9. The van der Waals surface area contributed by atoms with Crippen molar-refractivity contribution in [2.45, 2.75) is 179 Å². The topological polar surface area (TPSA) is 209 Å². The van der Waals surface area contributed by atoms with Gasteiger partial charge in [0.2, 0.25) is 0 Å². The lowest BCUT2D eigenvalue weighted by Crippen LogP contribution is -2.59. The highest BCUT2D eigenvalue weighted by Gasteiger charge is 2.51. The fourth-order valence-corrected chi connectivity index (χ4v) is 8.02. The monoisotopic (exact) mass is 734 g/mol. The molecule has 0 spiro atoms. The number of oxime groups is 1. The molecule has 3 fully saturated rings. The molecule has 0 aromatic rings. The molecule has 0 aromatic heterocycles. The van der Waals surface area contributed by atoms with E-state index in [2.05, 4.69) is 5.16 Å². The van der Waals surface area contributed by atoms with Crippen LogP contribution in [-0.4, -0.2) is 153 Å². The average Bonchev–Trinajstić information content (AvgIpc) is 3.05. The van der Waals surface area contributed by atoms with Crippen LogP contribution in [0.2, 0.25) is 0 Å². The first-order chi connectivity index (χ1) is 23.5. The Hall–Kier alpha value is -1.50. The Morgan fingerprint density at radius 2 is 1.55 bits per heavy atom. The normalized spacial score (nSPS) is 49.1. The fraction of sp³-hybridized carbons (Fsp3) is 0.944. The molecule has 3 saturated heterocycles. The van der Waals surface area contributed by atoms with Gasteiger partial charge in [-0.1, -0.05) is 25.9 Å². The van der Waals surface area contributed by atoms with Gasteiger partial charge in [0.25, 0.3) is 0 Å². The van der Waals surface area contributed by atoms with Crippen molar-refractivity contribution in [1.29, 1.82) is 0 Å². The molecule has 51 heavy (non-hydrogen) atoms. The van der Waals surface area contributed by atoms with Gasteiger partial charge >= 0.3 is 5.97 Å². The maximum Gasteiger partial charge on any atom is 0.311 e. The molecule has 3 rings (SSSR count). The largest absolute Gasteiger partial charge is 0.459 e. The van der Waals surface area contributed by atoms with Gasteiger partial charge in [0, 0.05) is 37.8 Å². The van der Waals surface area contributed by atoms with Crippen molar-refractivity contribution in [2.75, 3.05) is 21.2 Å². The van der Waals surface area contributed by atoms with Gasteiger partial charge in [-0.15, -0.1) is 0 Å². The zero-order valence-corrected chi connectivity index (χ0v) is 32.6. The molecule has 3 heterocycles. The van der Waals surface area contributed by atoms with Gasteiger partial charge in [0.1, 0.15) is 23.9 Å². The van der Waals surface area contributed by atoms with Crippen LogP contribution in [-0.2, 0) is 33.2 Å². The standard InChI is InChI=1S/C36H66N2O13/c1-13-25-36(9,44)30(40)21(5)28(37-45)18(2)16-34(7,43)26(51-33-29(39)23(38(10)11)14-19(3)47-33)15-24(20(4)32(42)50-25)49-27-17-35(8,46-12)31(41)22(6)48-27/h18-27,29-31,33,39-41,43-45H,13-17H2,1-12H3/b37-28+/t18-,19-,20-,21+,22?,23?,24+,25-,26-,27?,29?,30-,31?,33+,34-,35?,36-/m1/s1. The van der Waals surface area contributed by atoms with Gasteiger partial charge in [0.15, 0.2) is 12.6 Å². The Balaban J connectivity index is 2.15. The zero-order valence-electron chi connectivity index (χ0n) is 32.6. The molecule has 17 atom stereocenters. The molecule has 0 bridgehead atoms. The number of aliphatic hydroxyl groups excluding tert-OH is 3. The number of hydrogen-bond acceptors (Lipinski definition) is 15. The number of carbonyl (C=O) groups excluding carboxylic acids is 1. The molecule has 15 heteroatoms. The van der Waals surface area contributed by atoms with Gasteiger partial charge in [-0.05, 0) is 74.9 Å². The summed E-state index contributed by atoms with van der Waals surface area (Å²) in [7, 11) is 5.18. The van der Waals surface area contributed by atoms with Crippen LogP contribution in [0.5, 0.6) is 0 Å². The Bertz CT molecular complexity index is 1170. The SMILES string of the molecule is CC[C@H]1OC(=O)[C@H](C)[C@@H](OC2CC(C)(OC)C(O)C(C)O2)C[C@@H](O[C@@H]2O[C@H](C)CC(N(C)C)C2O)[C@](C)(O)C[C@@H](C)/C(=N\O)[C@H](C)[C@@H](O)[C@]1(C)O. The van der Waals surface area contributed by atoms with E-state index in [4.69, 9.17) is 28.4 Å². The third kappa shape index (κ3) is 9.79. The average molecular weight is 735 g/mol. The summed E-state index contributed by atoms with van der Waals surface area (Å²) >= 11 is 0. The molecule has 6 unspecified atom stereocenters. The highest BCUT2D eigenvalue weighted by molar-refractivity contribution is 5.88. The highest BCUT2D eigenvalue weighted by atomic mass is 16.7. The number of rotatable bonds is 7. The predicted octanol–water partition coefficient (Wildman–Crippen LogP) is 1.80. The maximum atomic E-state index is 14.0. The summed E-state index contributed by atoms with van der Waals surface area (Å²) in [5.41, 5.74) is -4.63. The van der Waals surface area contributed by atoms with E-state index in [0.29, 0.717) is 6.42 Å². The molecule has 0 saturated carbocycles. The molecule has 0 aromatic carbocycles. The van der Waals surface area contributed by atoms with E-state index in [1.807, 2.05) is 25.9 Å². The van der Waals surface area contributed by atoms with Crippen molar-refractivity contribution in [1.82, 2.24) is 4.90 Å². The molecular formula is C36H66N2O13. The Morgan fingerprint density at radius 3 is 2.10 bits per heavy atom. The second-order valence-corrected chi connectivity index (χ2v) is 16.1. The van der Waals surface area contributed by atoms with Gasteiger partial charge < -0.3 is 64.1 Å². The first-order valence-electron chi connectivity index (χ1n) is 18.3.